The molecule has 0 unspecified atom stereocenters. The number of urea groups is 1. The number of fused-ring (bicyclic) bond motifs is 2. The van der Waals surface area contributed by atoms with Gasteiger partial charge >= 0.3 is 6.03 Å². The largest absolute Gasteiger partial charge is 0.338 e. The topological polar surface area (TPSA) is 32.3 Å². The Hall–Kier alpha value is -1.51. The van der Waals surface area contributed by atoms with Gasteiger partial charge in [0.15, 0.2) is 0 Å². The second-order valence-corrected chi connectivity index (χ2v) is 6.74. The second-order valence-electron chi connectivity index (χ2n) is 6.74. The van der Waals surface area contributed by atoms with Gasteiger partial charge in [-0.15, -0.1) is 0 Å². The highest BCUT2D eigenvalue weighted by molar-refractivity contribution is 5.74. The van der Waals surface area contributed by atoms with E-state index in [4.69, 9.17) is 0 Å². The van der Waals surface area contributed by atoms with Crippen LogP contribution in [0.2, 0.25) is 0 Å². The molecular formula is C17H22N2O. The fourth-order valence-electron chi connectivity index (χ4n) is 3.96. The predicted molar refractivity (Wildman–Crippen MR) is 78.7 cm³/mol. The Morgan fingerprint density at radius 1 is 1.40 bits per heavy atom. The van der Waals surface area contributed by atoms with Crippen molar-refractivity contribution in [1.82, 2.24) is 10.2 Å². The molecule has 1 N–H and O–H groups in total. The quantitative estimate of drug-likeness (QED) is 0.900. The summed E-state index contributed by atoms with van der Waals surface area (Å²) in [5.74, 6) is 0.641. The van der Waals surface area contributed by atoms with Crippen LogP contribution in [0.25, 0.3) is 0 Å². The molecule has 4 rings (SSSR count). The number of nitrogens with one attached hydrogen (secondary N) is 1. The molecule has 2 saturated carbocycles. The molecule has 3 aliphatic rings. The van der Waals surface area contributed by atoms with Crippen LogP contribution in [0.4, 0.5) is 4.79 Å². The Morgan fingerprint density at radius 2 is 2.20 bits per heavy atom. The van der Waals surface area contributed by atoms with Crippen molar-refractivity contribution in [3.63, 3.8) is 0 Å². The van der Waals surface area contributed by atoms with Crippen LogP contribution in [0, 0.1) is 5.92 Å². The first-order valence-electron chi connectivity index (χ1n) is 7.80. The summed E-state index contributed by atoms with van der Waals surface area (Å²) in [5, 5.41) is 3.13. The Labute approximate surface area is 120 Å². The zero-order valence-corrected chi connectivity index (χ0v) is 12.1. The van der Waals surface area contributed by atoms with Gasteiger partial charge in [-0.05, 0) is 49.1 Å². The maximum absolute atomic E-state index is 12.0. The Kier molecular flexibility index (Phi) is 2.60. The first kappa shape index (κ1) is 12.2. The number of carbonyl (C=O) groups excluding carboxylic acids is 1. The van der Waals surface area contributed by atoms with Gasteiger partial charge in [-0.1, -0.05) is 24.3 Å². The number of nitrogens with zero attached hydrogens (tertiary/aromatic N) is 1. The van der Waals surface area contributed by atoms with Crippen molar-refractivity contribution in [3.8, 4) is 0 Å². The van der Waals surface area contributed by atoms with Gasteiger partial charge in [-0.25, -0.2) is 4.79 Å². The van der Waals surface area contributed by atoms with E-state index >= 15 is 0 Å². The second kappa shape index (κ2) is 4.24. The molecule has 0 saturated heterocycles. The molecule has 3 heteroatoms. The van der Waals surface area contributed by atoms with Crippen LogP contribution in [0.15, 0.2) is 24.3 Å². The molecule has 2 amide bonds. The van der Waals surface area contributed by atoms with Crippen molar-refractivity contribution in [1.29, 1.82) is 0 Å². The zero-order valence-electron chi connectivity index (χ0n) is 12.1. The molecular weight excluding hydrogens is 248 g/mol. The van der Waals surface area contributed by atoms with Crippen LogP contribution >= 0.6 is 0 Å². The van der Waals surface area contributed by atoms with E-state index in [0.717, 1.165) is 6.54 Å². The van der Waals surface area contributed by atoms with Gasteiger partial charge in [0.1, 0.15) is 0 Å². The molecule has 2 atom stereocenters. The average molecular weight is 270 g/mol. The summed E-state index contributed by atoms with van der Waals surface area (Å²) < 4.78 is 0. The maximum Gasteiger partial charge on any atom is 0.317 e. The molecule has 1 aromatic carbocycles. The minimum Gasteiger partial charge on any atom is -0.338 e. The van der Waals surface area contributed by atoms with Crippen LogP contribution in [0.1, 0.15) is 36.8 Å². The van der Waals surface area contributed by atoms with Crippen LogP contribution in [0.3, 0.4) is 0 Å². The fourth-order valence-corrected chi connectivity index (χ4v) is 3.96. The summed E-state index contributed by atoms with van der Waals surface area (Å²) in [4.78, 5) is 13.9. The fraction of sp³-hybridized carbons (Fsp3) is 0.588. The molecule has 106 valence electrons. The van der Waals surface area contributed by atoms with Gasteiger partial charge in [-0.3, -0.25) is 0 Å². The van der Waals surface area contributed by atoms with Gasteiger partial charge in [0, 0.05) is 25.0 Å². The zero-order chi connectivity index (χ0) is 13.7. The van der Waals surface area contributed by atoms with E-state index in [0.29, 0.717) is 17.4 Å². The molecule has 3 aliphatic carbocycles. The molecule has 0 bridgehead atoms. The van der Waals surface area contributed by atoms with E-state index in [2.05, 4.69) is 29.6 Å². The van der Waals surface area contributed by atoms with Crippen LogP contribution < -0.4 is 5.32 Å². The normalized spacial score (nSPS) is 30.1. The van der Waals surface area contributed by atoms with Crippen LogP contribution in [-0.2, 0) is 11.8 Å². The first-order valence-corrected chi connectivity index (χ1v) is 7.80. The summed E-state index contributed by atoms with van der Waals surface area (Å²) in [5.41, 5.74) is 3.47. The van der Waals surface area contributed by atoms with Gasteiger partial charge in [0.25, 0.3) is 0 Å². The molecule has 0 aromatic heterocycles. The number of hydrogen-bond acceptors (Lipinski definition) is 1. The number of carbonyl (C=O) groups is 1. The third-order valence-electron chi connectivity index (χ3n) is 5.54. The lowest BCUT2D eigenvalue weighted by molar-refractivity contribution is 0.206. The van der Waals surface area contributed by atoms with Crippen molar-refractivity contribution >= 4 is 6.03 Å². The van der Waals surface area contributed by atoms with E-state index in [1.807, 2.05) is 11.9 Å². The number of aryl methyl sites for hydroxylation is 1. The van der Waals surface area contributed by atoms with Gasteiger partial charge in [0.05, 0.1) is 0 Å². The monoisotopic (exact) mass is 270 g/mol. The Bertz CT molecular complexity index is 552. The Morgan fingerprint density at radius 3 is 3.00 bits per heavy atom. The van der Waals surface area contributed by atoms with Crippen molar-refractivity contribution in [2.24, 2.45) is 5.92 Å². The van der Waals surface area contributed by atoms with E-state index in [1.165, 1.54) is 37.7 Å². The van der Waals surface area contributed by atoms with Gasteiger partial charge in [0.2, 0.25) is 0 Å². The van der Waals surface area contributed by atoms with Crippen molar-refractivity contribution in [2.75, 3.05) is 13.6 Å². The third-order valence-corrected chi connectivity index (χ3v) is 5.54. The lowest BCUT2D eigenvalue weighted by Crippen LogP contribution is -2.40. The first-order chi connectivity index (χ1) is 9.71. The summed E-state index contributed by atoms with van der Waals surface area (Å²) in [6, 6.07) is 9.46. The van der Waals surface area contributed by atoms with E-state index in [-0.39, 0.29) is 6.03 Å². The molecule has 3 nitrogen and oxygen atoms in total. The van der Waals surface area contributed by atoms with Crippen molar-refractivity contribution in [3.05, 3.63) is 35.4 Å². The summed E-state index contributed by atoms with van der Waals surface area (Å²) >= 11 is 0. The highest BCUT2D eigenvalue weighted by atomic mass is 16.2. The van der Waals surface area contributed by atoms with Crippen LogP contribution in [0.5, 0.6) is 0 Å². The minimum atomic E-state index is 0.112. The predicted octanol–water partition coefficient (Wildman–Crippen LogP) is 2.69. The smallest absolute Gasteiger partial charge is 0.317 e. The van der Waals surface area contributed by atoms with Crippen LogP contribution in [-0.4, -0.2) is 30.6 Å². The molecule has 0 aliphatic heterocycles. The number of benzene rings is 1. The number of amides is 2. The lowest BCUT2D eigenvalue weighted by Gasteiger charge is -2.18. The van der Waals surface area contributed by atoms with Crippen molar-refractivity contribution in [2.45, 2.75) is 43.6 Å². The molecule has 1 spiro atoms. The maximum atomic E-state index is 12.0. The number of hydrogen-bond donors (Lipinski definition) is 1. The van der Waals surface area contributed by atoms with Gasteiger partial charge < -0.3 is 10.2 Å². The van der Waals surface area contributed by atoms with Crippen molar-refractivity contribution < 1.29 is 4.79 Å². The lowest BCUT2D eigenvalue weighted by atomic mass is 9.95. The van der Waals surface area contributed by atoms with E-state index < -0.39 is 0 Å². The summed E-state index contributed by atoms with van der Waals surface area (Å²) in [7, 11) is 1.92. The standard InChI is InChI=1S/C17H22N2O/c1-19(14-6-7-14)16(20)18-11-13-10-17(13)9-8-12-4-2-3-5-15(12)17/h2-5,13-14H,6-11H2,1H3,(H,18,20)/t13-,17-/m0/s1. The SMILES string of the molecule is CN(C(=O)NC[C@@H]1C[C@@]12CCc1ccccc12)C1CC1. The Balaban J connectivity index is 1.38. The molecule has 20 heavy (non-hydrogen) atoms. The summed E-state index contributed by atoms with van der Waals surface area (Å²) in [6.45, 7) is 0.838. The van der Waals surface area contributed by atoms with Gasteiger partial charge in [-0.2, -0.15) is 0 Å². The molecule has 0 heterocycles. The molecule has 1 aromatic rings. The number of rotatable bonds is 3. The highest BCUT2D eigenvalue weighted by Gasteiger charge is 2.57. The highest BCUT2D eigenvalue weighted by Crippen LogP contribution is 2.61. The minimum absolute atomic E-state index is 0.112. The average Bonchev–Trinajstić information content (AvgIpc) is 3.36. The third kappa shape index (κ3) is 1.83. The van der Waals surface area contributed by atoms with E-state index in [1.54, 1.807) is 5.56 Å². The summed E-state index contributed by atoms with van der Waals surface area (Å²) in [6.07, 6.45) is 6.07. The van der Waals surface area contributed by atoms with E-state index in [9.17, 15) is 4.79 Å². The molecule has 2 fully saturated rings. The molecule has 0 radical (unpaired) electrons.